The van der Waals surface area contributed by atoms with Crippen LogP contribution in [-0.2, 0) is 12.8 Å². The molecule has 6 rings (SSSR count). The molecule has 2 atom stereocenters. The minimum absolute atomic E-state index is 0. The number of aromatic amines is 1. The molecule has 2 aliphatic rings. The Kier molecular flexibility index (Phi) is 6.52. The summed E-state index contributed by atoms with van der Waals surface area (Å²) in [5.74, 6) is 1.63. The highest BCUT2D eigenvalue weighted by molar-refractivity contribution is 5.88. The Balaban J connectivity index is 0.00000122. The number of ether oxygens (including phenoxy) is 2. The number of halogens is 2. The predicted molar refractivity (Wildman–Crippen MR) is 133 cm³/mol. The molecule has 2 N–H and O–H groups in total. The van der Waals surface area contributed by atoms with Crippen LogP contribution in [-0.4, -0.2) is 35.3 Å². The molecule has 7 heteroatoms. The van der Waals surface area contributed by atoms with Crippen molar-refractivity contribution < 1.29 is 9.47 Å². The summed E-state index contributed by atoms with van der Waals surface area (Å²) in [4.78, 5) is 8.23. The van der Waals surface area contributed by atoms with Crippen molar-refractivity contribution in [1.82, 2.24) is 15.3 Å². The molecule has 0 saturated carbocycles. The second-order valence-electron chi connectivity index (χ2n) is 8.44. The SMILES string of the molecule is Cc1ccc2c3c(ccc2n1)OC[C@H](CN[C@H]1CCc2c([nH]c4ccccc24)C1)O3.Cl.Cl. The molecule has 168 valence electrons. The van der Waals surface area contributed by atoms with Crippen LogP contribution in [0.5, 0.6) is 11.5 Å². The van der Waals surface area contributed by atoms with E-state index in [1.54, 1.807) is 0 Å². The van der Waals surface area contributed by atoms with Crippen molar-refractivity contribution in [2.45, 2.75) is 38.3 Å². The van der Waals surface area contributed by atoms with Crippen molar-refractivity contribution >= 4 is 46.6 Å². The van der Waals surface area contributed by atoms with E-state index in [-0.39, 0.29) is 30.9 Å². The number of para-hydroxylation sites is 1. The van der Waals surface area contributed by atoms with E-state index >= 15 is 0 Å². The lowest BCUT2D eigenvalue weighted by molar-refractivity contribution is 0.0896. The molecule has 5 nitrogen and oxygen atoms in total. The number of hydrogen-bond acceptors (Lipinski definition) is 4. The molecule has 0 spiro atoms. The van der Waals surface area contributed by atoms with Crippen molar-refractivity contribution in [3.05, 3.63) is 65.5 Å². The Bertz CT molecular complexity index is 1260. The molecular formula is C25H27Cl2N3O2. The average molecular weight is 472 g/mol. The summed E-state index contributed by atoms with van der Waals surface area (Å²) in [6.07, 6.45) is 3.27. The van der Waals surface area contributed by atoms with Gasteiger partial charge in [-0.25, -0.2) is 0 Å². The van der Waals surface area contributed by atoms with Gasteiger partial charge in [0.15, 0.2) is 11.5 Å². The standard InChI is InChI=1S/C25H25N3O2.2ClH/c1-15-6-8-20-22(27-15)10-11-24-25(20)30-17(14-29-24)13-26-16-7-9-19-18-4-2-3-5-21(18)28-23(19)12-16;;/h2-6,8,10-11,16-17,26,28H,7,9,12-14H2,1H3;2*1H/t16-,17-;;/m0../s1. The normalized spacial score (nSPS) is 19.2. The fourth-order valence-corrected chi connectivity index (χ4v) is 4.83. The van der Waals surface area contributed by atoms with Crippen LogP contribution >= 0.6 is 24.8 Å². The first-order chi connectivity index (χ1) is 14.7. The van der Waals surface area contributed by atoms with E-state index in [0.717, 1.165) is 53.9 Å². The lowest BCUT2D eigenvalue weighted by Gasteiger charge is -2.30. The lowest BCUT2D eigenvalue weighted by Crippen LogP contribution is -2.44. The van der Waals surface area contributed by atoms with Crippen molar-refractivity contribution in [3.8, 4) is 11.5 Å². The molecule has 0 fully saturated rings. The molecule has 0 bridgehead atoms. The Morgan fingerprint density at radius 1 is 1.06 bits per heavy atom. The highest BCUT2D eigenvalue weighted by Crippen LogP contribution is 2.38. The Labute approximate surface area is 199 Å². The largest absolute Gasteiger partial charge is 0.486 e. The first kappa shape index (κ1) is 22.7. The van der Waals surface area contributed by atoms with Crippen LogP contribution in [0.25, 0.3) is 21.8 Å². The molecule has 0 saturated heterocycles. The van der Waals surface area contributed by atoms with Crippen LogP contribution in [0.15, 0.2) is 48.5 Å². The van der Waals surface area contributed by atoms with Gasteiger partial charge >= 0.3 is 0 Å². The van der Waals surface area contributed by atoms with Gasteiger partial charge in [-0.2, -0.15) is 0 Å². The highest BCUT2D eigenvalue weighted by Gasteiger charge is 2.26. The highest BCUT2D eigenvalue weighted by atomic mass is 35.5. The molecule has 32 heavy (non-hydrogen) atoms. The fourth-order valence-electron chi connectivity index (χ4n) is 4.83. The van der Waals surface area contributed by atoms with E-state index in [1.807, 2.05) is 25.1 Å². The number of nitrogens with one attached hydrogen (secondary N) is 2. The summed E-state index contributed by atoms with van der Waals surface area (Å²) in [5.41, 5.74) is 6.07. The van der Waals surface area contributed by atoms with Crippen molar-refractivity contribution in [3.63, 3.8) is 0 Å². The van der Waals surface area contributed by atoms with Gasteiger partial charge in [0, 0.05) is 46.7 Å². The van der Waals surface area contributed by atoms with Gasteiger partial charge in [0.25, 0.3) is 0 Å². The van der Waals surface area contributed by atoms with Gasteiger partial charge in [-0.15, -0.1) is 24.8 Å². The zero-order chi connectivity index (χ0) is 20.1. The van der Waals surface area contributed by atoms with E-state index in [9.17, 15) is 0 Å². The van der Waals surface area contributed by atoms with Gasteiger partial charge in [-0.05, 0) is 55.7 Å². The molecule has 0 radical (unpaired) electrons. The molecule has 0 unspecified atom stereocenters. The maximum atomic E-state index is 6.36. The molecule has 3 heterocycles. The van der Waals surface area contributed by atoms with E-state index in [4.69, 9.17) is 9.47 Å². The molecule has 2 aromatic heterocycles. The number of aryl methyl sites for hydroxylation is 2. The second-order valence-corrected chi connectivity index (χ2v) is 8.44. The number of benzene rings is 2. The molecule has 1 aliphatic heterocycles. The third-order valence-corrected chi connectivity index (χ3v) is 6.36. The molecule has 4 aromatic rings. The first-order valence-electron chi connectivity index (χ1n) is 10.8. The Morgan fingerprint density at radius 2 is 1.94 bits per heavy atom. The van der Waals surface area contributed by atoms with Crippen LogP contribution in [0, 0.1) is 6.92 Å². The quantitative estimate of drug-likeness (QED) is 0.433. The Morgan fingerprint density at radius 3 is 2.84 bits per heavy atom. The molecule has 0 amide bonds. The van der Waals surface area contributed by atoms with E-state index in [2.05, 4.69) is 45.6 Å². The number of rotatable bonds is 3. The van der Waals surface area contributed by atoms with E-state index in [1.165, 1.54) is 22.2 Å². The smallest absolute Gasteiger partial charge is 0.171 e. The van der Waals surface area contributed by atoms with E-state index in [0.29, 0.717) is 12.6 Å². The predicted octanol–water partition coefficient (Wildman–Crippen LogP) is 5.16. The number of hydrogen-bond donors (Lipinski definition) is 2. The minimum atomic E-state index is -0.00601. The number of nitrogens with zero attached hydrogens (tertiary/aromatic N) is 1. The maximum absolute atomic E-state index is 6.36. The zero-order valence-corrected chi connectivity index (χ0v) is 19.5. The number of fused-ring (bicyclic) bond motifs is 6. The second kappa shape index (κ2) is 9.18. The monoisotopic (exact) mass is 471 g/mol. The zero-order valence-electron chi connectivity index (χ0n) is 17.9. The summed E-state index contributed by atoms with van der Waals surface area (Å²) in [7, 11) is 0. The van der Waals surface area contributed by atoms with Gasteiger partial charge in [-0.3, -0.25) is 4.98 Å². The van der Waals surface area contributed by atoms with Crippen LogP contribution in [0.3, 0.4) is 0 Å². The van der Waals surface area contributed by atoms with E-state index < -0.39 is 0 Å². The fraction of sp³-hybridized carbons (Fsp3) is 0.320. The number of pyridine rings is 1. The van der Waals surface area contributed by atoms with Crippen LogP contribution in [0.4, 0.5) is 0 Å². The Hall–Kier alpha value is -2.47. The van der Waals surface area contributed by atoms with Gasteiger partial charge in [0.1, 0.15) is 12.7 Å². The van der Waals surface area contributed by atoms with Crippen molar-refractivity contribution in [2.75, 3.05) is 13.2 Å². The first-order valence-corrected chi connectivity index (χ1v) is 10.8. The molecular weight excluding hydrogens is 445 g/mol. The van der Waals surface area contributed by atoms with Gasteiger partial charge in [-0.1, -0.05) is 18.2 Å². The summed E-state index contributed by atoms with van der Waals surface area (Å²) in [5, 5.41) is 6.12. The number of aromatic nitrogens is 2. The summed E-state index contributed by atoms with van der Waals surface area (Å²) >= 11 is 0. The molecule has 1 aliphatic carbocycles. The van der Waals surface area contributed by atoms with Crippen LogP contribution in [0.1, 0.15) is 23.4 Å². The van der Waals surface area contributed by atoms with Gasteiger partial charge < -0.3 is 19.8 Å². The summed E-state index contributed by atoms with van der Waals surface area (Å²) < 4.78 is 12.4. The molecule has 2 aromatic carbocycles. The van der Waals surface area contributed by atoms with Gasteiger partial charge in [0.2, 0.25) is 0 Å². The topological polar surface area (TPSA) is 59.2 Å². The third kappa shape index (κ3) is 4.01. The van der Waals surface area contributed by atoms with Crippen molar-refractivity contribution in [1.29, 1.82) is 0 Å². The lowest BCUT2D eigenvalue weighted by atomic mass is 9.91. The maximum Gasteiger partial charge on any atom is 0.171 e. The van der Waals surface area contributed by atoms with Gasteiger partial charge in [0.05, 0.1) is 5.52 Å². The minimum Gasteiger partial charge on any atom is -0.486 e. The number of H-pyrrole nitrogens is 1. The van der Waals surface area contributed by atoms with Crippen LogP contribution in [0.2, 0.25) is 0 Å². The third-order valence-electron chi connectivity index (χ3n) is 6.36. The van der Waals surface area contributed by atoms with Crippen LogP contribution < -0.4 is 14.8 Å². The summed E-state index contributed by atoms with van der Waals surface area (Å²) in [6, 6.07) is 17.1. The van der Waals surface area contributed by atoms with Crippen molar-refractivity contribution in [2.24, 2.45) is 0 Å². The summed E-state index contributed by atoms with van der Waals surface area (Å²) in [6.45, 7) is 3.34. The average Bonchev–Trinajstić information content (AvgIpc) is 3.15.